The Morgan fingerprint density at radius 3 is 2.18 bits per heavy atom. The van der Waals surface area contributed by atoms with E-state index in [1.54, 1.807) is 0 Å². The van der Waals surface area contributed by atoms with E-state index >= 15 is 0 Å². The second-order valence-corrected chi connectivity index (χ2v) is 6.54. The minimum absolute atomic E-state index is 0.0663. The van der Waals surface area contributed by atoms with E-state index < -0.39 is 38.2 Å². The first-order valence-electron chi connectivity index (χ1n) is 6.08. The third-order valence-corrected chi connectivity index (χ3v) is 4.86. The van der Waals surface area contributed by atoms with Crippen LogP contribution in [0.25, 0.3) is 0 Å². The van der Waals surface area contributed by atoms with Crippen LogP contribution in [0.1, 0.15) is 5.56 Å². The highest BCUT2D eigenvalue weighted by atomic mass is 32.2. The normalized spacial score (nSPS) is 11.9. The van der Waals surface area contributed by atoms with E-state index in [9.17, 15) is 26.0 Å². The van der Waals surface area contributed by atoms with Gasteiger partial charge < -0.3 is 0 Å². The fourth-order valence-corrected chi connectivity index (χ4v) is 3.03. The lowest BCUT2D eigenvalue weighted by molar-refractivity contribution is 0.419. The van der Waals surface area contributed by atoms with Gasteiger partial charge in [0.25, 0.3) is 0 Å². The number of sulfonamides is 1. The second kappa shape index (κ2) is 6.05. The van der Waals surface area contributed by atoms with E-state index in [0.717, 1.165) is 13.1 Å². The average Bonchev–Trinajstić information content (AvgIpc) is 2.47. The molecular formula is C14H11F4NO2S. The molecule has 0 aliphatic rings. The molecule has 0 fully saturated rings. The molecule has 0 radical (unpaired) electrons. The van der Waals surface area contributed by atoms with Gasteiger partial charge in [0.05, 0.1) is 0 Å². The third-order valence-electron chi connectivity index (χ3n) is 3.04. The Labute approximate surface area is 124 Å². The summed E-state index contributed by atoms with van der Waals surface area (Å²) in [4.78, 5) is -1.01. The SMILES string of the molecule is CN(Cc1ccccc1F)S(=O)(=O)c1ccc(F)c(F)c1F. The fraction of sp³-hybridized carbons (Fsp3) is 0.143. The van der Waals surface area contributed by atoms with Gasteiger partial charge >= 0.3 is 0 Å². The van der Waals surface area contributed by atoms with Crippen molar-refractivity contribution in [1.29, 1.82) is 0 Å². The Bertz CT molecular complexity index is 808. The molecule has 2 aromatic rings. The van der Waals surface area contributed by atoms with Crippen molar-refractivity contribution in [2.75, 3.05) is 7.05 Å². The molecule has 0 unspecified atom stereocenters. The molecule has 22 heavy (non-hydrogen) atoms. The molecule has 0 heterocycles. The lowest BCUT2D eigenvalue weighted by atomic mass is 10.2. The molecule has 0 amide bonds. The van der Waals surface area contributed by atoms with E-state index in [-0.39, 0.29) is 12.1 Å². The lowest BCUT2D eigenvalue weighted by Gasteiger charge is -2.18. The predicted molar refractivity (Wildman–Crippen MR) is 71.4 cm³/mol. The van der Waals surface area contributed by atoms with Crippen LogP contribution >= 0.6 is 0 Å². The number of hydrogen-bond acceptors (Lipinski definition) is 2. The maximum absolute atomic E-state index is 13.6. The third kappa shape index (κ3) is 2.97. The Balaban J connectivity index is 2.39. The minimum Gasteiger partial charge on any atom is -0.207 e. The Hall–Kier alpha value is -1.93. The first-order valence-corrected chi connectivity index (χ1v) is 7.52. The highest BCUT2D eigenvalue weighted by Gasteiger charge is 2.28. The van der Waals surface area contributed by atoms with Gasteiger partial charge in [0.1, 0.15) is 10.7 Å². The lowest BCUT2D eigenvalue weighted by Crippen LogP contribution is -2.28. The monoisotopic (exact) mass is 333 g/mol. The Morgan fingerprint density at radius 2 is 1.55 bits per heavy atom. The molecule has 8 heteroatoms. The van der Waals surface area contributed by atoms with Crippen LogP contribution < -0.4 is 0 Å². The van der Waals surface area contributed by atoms with Gasteiger partial charge in [0.2, 0.25) is 10.0 Å². The standard InChI is InChI=1S/C14H11F4NO2S/c1-19(8-9-4-2-3-5-10(9)15)22(20,21)12-7-6-11(16)13(17)14(12)18/h2-7H,8H2,1H3. The summed E-state index contributed by atoms with van der Waals surface area (Å²) in [6, 6.07) is 6.60. The van der Waals surface area contributed by atoms with Crippen molar-refractivity contribution in [2.24, 2.45) is 0 Å². The zero-order valence-electron chi connectivity index (χ0n) is 11.4. The number of benzene rings is 2. The summed E-state index contributed by atoms with van der Waals surface area (Å²) in [6.45, 7) is -0.382. The van der Waals surface area contributed by atoms with Crippen molar-refractivity contribution >= 4 is 10.0 Å². The average molecular weight is 333 g/mol. The van der Waals surface area contributed by atoms with E-state index in [0.29, 0.717) is 16.4 Å². The second-order valence-electron chi connectivity index (χ2n) is 4.53. The molecule has 0 saturated carbocycles. The largest absolute Gasteiger partial charge is 0.246 e. The van der Waals surface area contributed by atoms with Crippen LogP contribution in [0.4, 0.5) is 17.6 Å². The first kappa shape index (κ1) is 16.4. The van der Waals surface area contributed by atoms with Crippen molar-refractivity contribution in [2.45, 2.75) is 11.4 Å². The maximum atomic E-state index is 13.6. The summed E-state index contributed by atoms with van der Waals surface area (Å²) < 4.78 is 78.3. The number of hydrogen-bond donors (Lipinski definition) is 0. The zero-order chi connectivity index (χ0) is 16.5. The number of halogens is 4. The van der Waals surface area contributed by atoms with Gasteiger partial charge in [0.15, 0.2) is 17.5 Å². The van der Waals surface area contributed by atoms with Crippen LogP contribution in [0.5, 0.6) is 0 Å². The van der Waals surface area contributed by atoms with Crippen molar-refractivity contribution in [3.05, 3.63) is 65.2 Å². The van der Waals surface area contributed by atoms with Gasteiger partial charge in [-0.05, 0) is 18.2 Å². The van der Waals surface area contributed by atoms with Crippen LogP contribution in [-0.2, 0) is 16.6 Å². The molecule has 0 spiro atoms. The molecule has 0 aliphatic carbocycles. The van der Waals surface area contributed by atoms with Gasteiger partial charge in [-0.3, -0.25) is 0 Å². The van der Waals surface area contributed by atoms with E-state index in [1.807, 2.05) is 0 Å². The number of nitrogens with zero attached hydrogens (tertiary/aromatic N) is 1. The van der Waals surface area contributed by atoms with Crippen LogP contribution in [-0.4, -0.2) is 19.8 Å². The maximum Gasteiger partial charge on any atom is 0.246 e. The molecule has 0 N–H and O–H groups in total. The fourth-order valence-electron chi connectivity index (χ4n) is 1.83. The number of rotatable bonds is 4. The van der Waals surface area contributed by atoms with Crippen LogP contribution in [0.15, 0.2) is 41.3 Å². The van der Waals surface area contributed by atoms with E-state index in [2.05, 4.69) is 0 Å². The van der Waals surface area contributed by atoms with Crippen molar-refractivity contribution in [3.8, 4) is 0 Å². The van der Waals surface area contributed by atoms with Gasteiger partial charge in [-0.15, -0.1) is 0 Å². The summed E-state index contributed by atoms with van der Waals surface area (Å²) in [5.74, 6) is -5.80. The van der Waals surface area contributed by atoms with Gasteiger partial charge in [-0.2, -0.15) is 4.31 Å². The van der Waals surface area contributed by atoms with Gasteiger partial charge in [-0.1, -0.05) is 18.2 Å². The van der Waals surface area contributed by atoms with Gasteiger partial charge in [-0.25, -0.2) is 26.0 Å². The summed E-state index contributed by atoms with van der Waals surface area (Å²) in [5.41, 5.74) is 0.0663. The highest BCUT2D eigenvalue weighted by molar-refractivity contribution is 7.89. The molecule has 0 saturated heterocycles. The highest BCUT2D eigenvalue weighted by Crippen LogP contribution is 2.23. The molecule has 0 aromatic heterocycles. The predicted octanol–water partition coefficient (Wildman–Crippen LogP) is 3.06. The summed E-state index contributed by atoms with van der Waals surface area (Å²) in [5, 5.41) is 0. The van der Waals surface area contributed by atoms with Crippen LogP contribution in [0.2, 0.25) is 0 Å². The first-order chi connectivity index (χ1) is 10.2. The molecule has 2 aromatic carbocycles. The minimum atomic E-state index is -4.44. The van der Waals surface area contributed by atoms with Crippen LogP contribution in [0, 0.1) is 23.3 Å². The van der Waals surface area contributed by atoms with Gasteiger partial charge in [0, 0.05) is 19.2 Å². The van der Waals surface area contributed by atoms with Crippen molar-refractivity contribution < 1.29 is 26.0 Å². The molecule has 0 aliphatic heterocycles. The van der Waals surface area contributed by atoms with E-state index in [4.69, 9.17) is 0 Å². The Morgan fingerprint density at radius 1 is 0.909 bits per heavy atom. The summed E-state index contributed by atoms with van der Waals surface area (Å²) >= 11 is 0. The molecule has 2 rings (SSSR count). The molecule has 118 valence electrons. The van der Waals surface area contributed by atoms with E-state index in [1.165, 1.54) is 18.2 Å². The summed E-state index contributed by atoms with van der Waals surface area (Å²) in [7, 11) is -3.35. The van der Waals surface area contributed by atoms with Crippen molar-refractivity contribution in [1.82, 2.24) is 4.31 Å². The van der Waals surface area contributed by atoms with Crippen molar-refractivity contribution in [3.63, 3.8) is 0 Å². The van der Waals surface area contributed by atoms with Crippen LogP contribution in [0.3, 0.4) is 0 Å². The molecule has 0 atom stereocenters. The smallest absolute Gasteiger partial charge is 0.207 e. The summed E-state index contributed by atoms with van der Waals surface area (Å²) in [6.07, 6.45) is 0. The topological polar surface area (TPSA) is 37.4 Å². The molecule has 3 nitrogen and oxygen atoms in total. The zero-order valence-corrected chi connectivity index (χ0v) is 12.2. The molecular weight excluding hydrogens is 322 g/mol. The Kier molecular flexibility index (Phi) is 4.52. The molecule has 0 bridgehead atoms. The quantitative estimate of drug-likeness (QED) is 0.637.